The Morgan fingerprint density at radius 3 is 2.94 bits per heavy atom. The predicted octanol–water partition coefficient (Wildman–Crippen LogP) is 2.36. The molecule has 7 heteroatoms. The van der Waals surface area contributed by atoms with Crippen molar-refractivity contribution in [3.05, 3.63) is 11.1 Å². The molecule has 0 saturated carbocycles. The number of alkyl halides is 1. The lowest BCUT2D eigenvalue weighted by Gasteiger charge is -2.04. The predicted molar refractivity (Wildman–Crippen MR) is 69.4 cm³/mol. The van der Waals surface area contributed by atoms with Gasteiger partial charge in [-0.05, 0) is 12.0 Å². The summed E-state index contributed by atoms with van der Waals surface area (Å²) in [6.45, 7) is 0. The SMILES string of the molecule is COC(=O)c1c(NC(=O)CCl)sc2c1CCS2. The van der Waals surface area contributed by atoms with Gasteiger partial charge in [0.05, 0.1) is 16.9 Å². The number of rotatable bonds is 3. The maximum atomic E-state index is 11.7. The van der Waals surface area contributed by atoms with E-state index in [1.807, 2.05) is 0 Å². The summed E-state index contributed by atoms with van der Waals surface area (Å²) in [6.07, 6.45) is 0.831. The summed E-state index contributed by atoms with van der Waals surface area (Å²) < 4.78 is 5.83. The molecule has 1 aliphatic rings. The maximum Gasteiger partial charge on any atom is 0.341 e. The summed E-state index contributed by atoms with van der Waals surface area (Å²) in [6, 6.07) is 0. The van der Waals surface area contributed by atoms with Crippen LogP contribution in [0.25, 0.3) is 0 Å². The van der Waals surface area contributed by atoms with Gasteiger partial charge in [0.15, 0.2) is 0 Å². The molecule has 0 bridgehead atoms. The standard InChI is InChI=1S/C10H10ClNO3S2/c1-15-9(14)7-5-2-3-16-10(5)17-8(7)12-6(13)4-11/h2-4H2,1H3,(H,12,13). The lowest BCUT2D eigenvalue weighted by atomic mass is 10.1. The van der Waals surface area contributed by atoms with E-state index in [9.17, 15) is 9.59 Å². The number of carbonyl (C=O) groups is 2. The van der Waals surface area contributed by atoms with Crippen LogP contribution in [0.3, 0.4) is 0 Å². The van der Waals surface area contributed by atoms with Crippen molar-refractivity contribution in [1.29, 1.82) is 0 Å². The first-order valence-electron chi connectivity index (χ1n) is 4.90. The van der Waals surface area contributed by atoms with E-state index in [1.54, 1.807) is 11.8 Å². The van der Waals surface area contributed by atoms with Gasteiger partial charge < -0.3 is 10.1 Å². The molecule has 0 fully saturated rings. The van der Waals surface area contributed by atoms with Gasteiger partial charge in [0.25, 0.3) is 0 Å². The quantitative estimate of drug-likeness (QED) is 0.686. The van der Waals surface area contributed by atoms with Gasteiger partial charge in [0.2, 0.25) is 5.91 Å². The molecular formula is C10H10ClNO3S2. The third kappa shape index (κ3) is 2.43. The van der Waals surface area contributed by atoms with E-state index in [0.717, 1.165) is 21.9 Å². The Bertz CT molecular complexity index is 472. The smallest absolute Gasteiger partial charge is 0.341 e. The topological polar surface area (TPSA) is 55.4 Å². The van der Waals surface area contributed by atoms with E-state index in [2.05, 4.69) is 5.32 Å². The minimum absolute atomic E-state index is 0.129. The third-order valence-corrected chi connectivity index (χ3v) is 5.02. The second-order valence-corrected chi connectivity index (χ2v) is 6.00. The van der Waals surface area contributed by atoms with Crippen molar-refractivity contribution in [2.75, 3.05) is 24.1 Å². The molecule has 17 heavy (non-hydrogen) atoms. The molecule has 0 atom stereocenters. The number of hydrogen-bond acceptors (Lipinski definition) is 5. The number of nitrogens with one attached hydrogen (secondary N) is 1. The molecule has 92 valence electrons. The molecule has 1 N–H and O–H groups in total. The van der Waals surface area contributed by atoms with Gasteiger partial charge in [0, 0.05) is 5.75 Å². The second-order valence-electron chi connectivity index (χ2n) is 3.34. The molecular weight excluding hydrogens is 282 g/mol. The second kappa shape index (κ2) is 5.29. The first-order chi connectivity index (χ1) is 8.17. The number of hydrogen-bond donors (Lipinski definition) is 1. The van der Waals surface area contributed by atoms with Crippen LogP contribution in [-0.2, 0) is 16.0 Å². The number of carbonyl (C=O) groups excluding carboxylic acids is 2. The van der Waals surface area contributed by atoms with Crippen LogP contribution in [0.5, 0.6) is 0 Å². The highest BCUT2D eigenvalue weighted by molar-refractivity contribution is 8.01. The monoisotopic (exact) mass is 291 g/mol. The molecule has 2 heterocycles. The summed E-state index contributed by atoms with van der Waals surface area (Å²) in [5.41, 5.74) is 1.47. The number of thiophene rings is 1. The fraction of sp³-hybridized carbons (Fsp3) is 0.400. The molecule has 2 rings (SSSR count). The zero-order valence-corrected chi connectivity index (χ0v) is 11.4. The summed E-state index contributed by atoms with van der Waals surface area (Å²) in [5.74, 6) is 0.113. The Balaban J connectivity index is 2.38. The van der Waals surface area contributed by atoms with Gasteiger partial charge in [0.1, 0.15) is 10.9 Å². The van der Waals surface area contributed by atoms with Gasteiger partial charge >= 0.3 is 5.97 Å². The van der Waals surface area contributed by atoms with Crippen molar-refractivity contribution in [3.63, 3.8) is 0 Å². The number of ether oxygens (including phenoxy) is 1. The maximum absolute atomic E-state index is 11.7. The van der Waals surface area contributed by atoms with Crippen molar-refractivity contribution >= 4 is 51.6 Å². The van der Waals surface area contributed by atoms with Crippen LogP contribution in [0.15, 0.2) is 4.21 Å². The Hall–Kier alpha value is -0.720. The fourth-order valence-corrected chi connectivity index (χ4v) is 4.26. The number of fused-ring (bicyclic) bond motifs is 1. The van der Waals surface area contributed by atoms with E-state index in [4.69, 9.17) is 16.3 Å². The zero-order chi connectivity index (χ0) is 12.4. The van der Waals surface area contributed by atoms with E-state index in [0.29, 0.717) is 10.6 Å². The number of halogens is 1. The highest BCUT2D eigenvalue weighted by Gasteiger charge is 2.28. The molecule has 1 aromatic heterocycles. The molecule has 0 aliphatic carbocycles. The highest BCUT2D eigenvalue weighted by Crippen LogP contribution is 2.44. The van der Waals surface area contributed by atoms with Gasteiger partial charge in [-0.25, -0.2) is 4.79 Å². The van der Waals surface area contributed by atoms with Crippen molar-refractivity contribution in [1.82, 2.24) is 0 Å². The third-order valence-electron chi connectivity index (χ3n) is 2.32. The zero-order valence-electron chi connectivity index (χ0n) is 9.04. The molecule has 0 radical (unpaired) electrons. The van der Waals surface area contributed by atoms with Crippen LogP contribution in [-0.4, -0.2) is 30.6 Å². The van der Waals surface area contributed by atoms with Crippen molar-refractivity contribution in [2.24, 2.45) is 0 Å². The minimum Gasteiger partial charge on any atom is -0.465 e. The molecule has 1 aromatic rings. The Kier molecular flexibility index (Phi) is 3.96. The normalized spacial score (nSPS) is 13.3. The van der Waals surface area contributed by atoms with Crippen LogP contribution < -0.4 is 5.32 Å². The van der Waals surface area contributed by atoms with Gasteiger partial charge in [-0.2, -0.15) is 0 Å². The highest BCUT2D eigenvalue weighted by atomic mass is 35.5. The molecule has 1 aliphatic heterocycles. The molecule has 4 nitrogen and oxygen atoms in total. The van der Waals surface area contributed by atoms with Gasteiger partial charge in [-0.1, -0.05) is 0 Å². The van der Waals surface area contributed by atoms with E-state index < -0.39 is 5.97 Å². The van der Waals surface area contributed by atoms with E-state index in [-0.39, 0.29) is 11.8 Å². The average Bonchev–Trinajstić information content (AvgIpc) is 2.87. The first-order valence-corrected chi connectivity index (χ1v) is 7.23. The lowest BCUT2D eigenvalue weighted by molar-refractivity contribution is -0.113. The number of amides is 1. The van der Waals surface area contributed by atoms with Crippen molar-refractivity contribution in [2.45, 2.75) is 10.6 Å². The lowest BCUT2D eigenvalue weighted by Crippen LogP contribution is -2.15. The Labute approximate surface area is 112 Å². The Morgan fingerprint density at radius 2 is 2.29 bits per heavy atom. The van der Waals surface area contributed by atoms with Crippen molar-refractivity contribution < 1.29 is 14.3 Å². The number of anilines is 1. The van der Waals surface area contributed by atoms with Gasteiger partial charge in [-0.15, -0.1) is 34.7 Å². The number of thioether (sulfide) groups is 1. The largest absolute Gasteiger partial charge is 0.465 e. The summed E-state index contributed by atoms with van der Waals surface area (Å²) in [4.78, 5) is 23.0. The average molecular weight is 292 g/mol. The summed E-state index contributed by atoms with van der Waals surface area (Å²) in [7, 11) is 1.33. The van der Waals surface area contributed by atoms with E-state index in [1.165, 1.54) is 18.4 Å². The van der Waals surface area contributed by atoms with Crippen LogP contribution in [0, 0.1) is 0 Å². The summed E-state index contributed by atoms with van der Waals surface area (Å²) in [5, 5.41) is 3.18. The van der Waals surface area contributed by atoms with Gasteiger partial charge in [-0.3, -0.25) is 4.79 Å². The molecule has 1 amide bonds. The van der Waals surface area contributed by atoms with Crippen LogP contribution in [0.4, 0.5) is 5.00 Å². The molecule has 0 saturated heterocycles. The number of esters is 1. The minimum atomic E-state index is -0.408. The number of methoxy groups -OCH3 is 1. The Morgan fingerprint density at radius 1 is 1.53 bits per heavy atom. The molecule has 0 spiro atoms. The van der Waals surface area contributed by atoms with Crippen LogP contribution >= 0.6 is 34.7 Å². The first kappa shape index (κ1) is 12.7. The molecule has 0 unspecified atom stereocenters. The van der Waals surface area contributed by atoms with Crippen LogP contribution in [0.1, 0.15) is 15.9 Å². The van der Waals surface area contributed by atoms with E-state index >= 15 is 0 Å². The summed E-state index contributed by atoms with van der Waals surface area (Å²) >= 11 is 8.53. The molecule has 0 aromatic carbocycles. The fourth-order valence-electron chi connectivity index (χ4n) is 1.60. The van der Waals surface area contributed by atoms with Crippen LogP contribution in [0.2, 0.25) is 0 Å². The van der Waals surface area contributed by atoms with Crippen molar-refractivity contribution in [3.8, 4) is 0 Å².